The van der Waals surface area contributed by atoms with Gasteiger partial charge in [-0.2, -0.15) is 0 Å². The minimum Gasteiger partial charge on any atom is -0.490 e. The van der Waals surface area contributed by atoms with Gasteiger partial charge in [0.05, 0.1) is 16.8 Å². The van der Waals surface area contributed by atoms with Gasteiger partial charge in [-0.1, -0.05) is 37.8 Å². The Morgan fingerprint density at radius 2 is 2.06 bits per heavy atom. The fourth-order valence-corrected chi connectivity index (χ4v) is 2.38. The van der Waals surface area contributed by atoms with Crippen molar-refractivity contribution in [1.82, 2.24) is 0 Å². The molecule has 0 aliphatic heterocycles. The van der Waals surface area contributed by atoms with Crippen LogP contribution in [0.3, 0.4) is 0 Å². The average Bonchev–Trinajstić information content (AvgIpc) is 2.20. The molecule has 0 amide bonds. The van der Waals surface area contributed by atoms with E-state index in [0.717, 1.165) is 10.9 Å². The van der Waals surface area contributed by atoms with Gasteiger partial charge in [0.1, 0.15) is 0 Å². The van der Waals surface area contributed by atoms with Crippen molar-refractivity contribution in [3.63, 3.8) is 0 Å². The molecule has 0 atom stereocenters. The molecule has 0 radical (unpaired) electrons. The Morgan fingerprint density at radius 3 is 2.69 bits per heavy atom. The molecule has 0 aromatic heterocycles. The van der Waals surface area contributed by atoms with Crippen LogP contribution in [-0.4, -0.2) is 6.61 Å². The Morgan fingerprint density at radius 1 is 1.31 bits per heavy atom. The summed E-state index contributed by atoms with van der Waals surface area (Å²) in [5, 5.41) is 0.614. The molecule has 0 aliphatic carbocycles. The number of halogens is 2. The van der Waals surface area contributed by atoms with Crippen LogP contribution in [-0.2, 0) is 0 Å². The quantitative estimate of drug-likeness (QED) is 0.613. The van der Waals surface area contributed by atoms with Crippen molar-refractivity contribution in [1.29, 1.82) is 0 Å². The first-order valence-electron chi connectivity index (χ1n) is 5.52. The van der Waals surface area contributed by atoms with E-state index in [0.29, 0.717) is 23.1 Å². The first kappa shape index (κ1) is 13.7. The van der Waals surface area contributed by atoms with Crippen LogP contribution in [0.25, 0.3) is 0 Å². The van der Waals surface area contributed by atoms with Gasteiger partial charge in [0, 0.05) is 5.02 Å². The third-order valence-corrected chi connectivity index (χ3v) is 3.09. The lowest BCUT2D eigenvalue weighted by molar-refractivity contribution is 0.305. The van der Waals surface area contributed by atoms with Crippen LogP contribution in [0.4, 0.5) is 5.69 Å². The van der Waals surface area contributed by atoms with Crippen LogP contribution in [0.2, 0.25) is 5.02 Å². The second-order valence-electron chi connectivity index (χ2n) is 3.72. The highest BCUT2D eigenvalue weighted by molar-refractivity contribution is 9.10. The third-order valence-electron chi connectivity index (χ3n) is 2.28. The zero-order valence-electron chi connectivity index (χ0n) is 9.43. The van der Waals surface area contributed by atoms with Crippen LogP contribution in [0, 0.1) is 0 Å². The Hall–Kier alpha value is -0.410. The Bertz CT molecular complexity index is 321. The molecule has 0 spiro atoms. The number of nitrogen functional groups attached to an aromatic ring is 1. The maximum absolute atomic E-state index is 5.86. The number of unbranched alkanes of at least 4 members (excludes halogenated alkanes) is 3. The van der Waals surface area contributed by atoms with Crippen LogP contribution in [0.1, 0.15) is 32.6 Å². The maximum Gasteiger partial charge on any atom is 0.156 e. The SMILES string of the molecule is CCCCCCOc1c(N)cc(Cl)cc1Br. The minimum absolute atomic E-state index is 0.579. The van der Waals surface area contributed by atoms with Crippen LogP contribution >= 0.6 is 27.5 Å². The molecule has 0 heterocycles. The summed E-state index contributed by atoms with van der Waals surface area (Å²) in [6.07, 6.45) is 4.73. The molecule has 0 unspecified atom stereocenters. The first-order valence-corrected chi connectivity index (χ1v) is 6.69. The minimum atomic E-state index is 0.579. The van der Waals surface area contributed by atoms with Gasteiger partial charge in [0.2, 0.25) is 0 Å². The molecule has 1 aromatic carbocycles. The van der Waals surface area contributed by atoms with Crippen molar-refractivity contribution < 1.29 is 4.74 Å². The fourth-order valence-electron chi connectivity index (χ4n) is 1.44. The Kier molecular flexibility index (Phi) is 5.99. The van der Waals surface area contributed by atoms with E-state index in [9.17, 15) is 0 Å². The van der Waals surface area contributed by atoms with Gasteiger partial charge >= 0.3 is 0 Å². The molecular weight excluding hydrogens is 289 g/mol. The smallest absolute Gasteiger partial charge is 0.156 e. The summed E-state index contributed by atoms with van der Waals surface area (Å²) in [6.45, 7) is 2.89. The lowest BCUT2D eigenvalue weighted by atomic mass is 10.2. The van der Waals surface area contributed by atoms with Crippen molar-refractivity contribution in [2.45, 2.75) is 32.6 Å². The zero-order valence-corrected chi connectivity index (χ0v) is 11.8. The monoisotopic (exact) mass is 305 g/mol. The third kappa shape index (κ3) is 4.22. The molecule has 0 saturated carbocycles. The molecule has 2 nitrogen and oxygen atoms in total. The summed E-state index contributed by atoms with van der Waals surface area (Å²) in [5.74, 6) is 0.695. The number of benzene rings is 1. The Balaban J connectivity index is 2.47. The van der Waals surface area contributed by atoms with E-state index in [1.807, 2.05) is 0 Å². The predicted octanol–water partition coefficient (Wildman–Crippen LogP) is 4.64. The topological polar surface area (TPSA) is 35.2 Å². The number of hydrogen-bond acceptors (Lipinski definition) is 2. The van der Waals surface area contributed by atoms with Crippen molar-refractivity contribution >= 4 is 33.2 Å². The van der Waals surface area contributed by atoms with Crippen LogP contribution in [0.15, 0.2) is 16.6 Å². The van der Waals surface area contributed by atoms with Crippen molar-refractivity contribution in [3.05, 3.63) is 21.6 Å². The summed E-state index contributed by atoms with van der Waals surface area (Å²) in [5.41, 5.74) is 6.40. The number of ether oxygens (including phenoxy) is 1. The lowest BCUT2D eigenvalue weighted by Gasteiger charge is -2.11. The lowest BCUT2D eigenvalue weighted by Crippen LogP contribution is -2.01. The molecule has 0 aliphatic rings. The number of rotatable bonds is 6. The number of hydrogen-bond donors (Lipinski definition) is 1. The molecule has 0 fully saturated rings. The predicted molar refractivity (Wildman–Crippen MR) is 73.2 cm³/mol. The zero-order chi connectivity index (χ0) is 12.0. The van der Waals surface area contributed by atoms with E-state index in [-0.39, 0.29) is 0 Å². The van der Waals surface area contributed by atoms with Gasteiger partial charge in [-0.15, -0.1) is 0 Å². The highest BCUT2D eigenvalue weighted by Gasteiger charge is 2.07. The molecule has 0 bridgehead atoms. The highest BCUT2D eigenvalue weighted by Crippen LogP contribution is 2.34. The van der Waals surface area contributed by atoms with Crippen molar-refractivity contribution in [2.24, 2.45) is 0 Å². The van der Waals surface area contributed by atoms with Gasteiger partial charge in [-0.25, -0.2) is 0 Å². The molecule has 16 heavy (non-hydrogen) atoms. The van der Waals surface area contributed by atoms with E-state index in [4.69, 9.17) is 22.1 Å². The summed E-state index contributed by atoms with van der Waals surface area (Å²) >= 11 is 9.25. The van der Waals surface area contributed by atoms with Gasteiger partial charge in [-0.05, 0) is 34.5 Å². The fraction of sp³-hybridized carbons (Fsp3) is 0.500. The molecule has 1 rings (SSSR count). The van der Waals surface area contributed by atoms with E-state index in [1.54, 1.807) is 12.1 Å². The number of anilines is 1. The van der Waals surface area contributed by atoms with Crippen LogP contribution < -0.4 is 10.5 Å². The standard InChI is InChI=1S/C12H17BrClNO/c1-2-3-4-5-6-16-12-10(13)7-9(14)8-11(12)15/h7-8H,2-6,15H2,1H3. The van der Waals surface area contributed by atoms with Crippen molar-refractivity contribution in [2.75, 3.05) is 12.3 Å². The van der Waals surface area contributed by atoms with Gasteiger partial charge in [0.15, 0.2) is 5.75 Å². The Labute approximate surface area is 110 Å². The van der Waals surface area contributed by atoms with Crippen LogP contribution in [0.5, 0.6) is 5.75 Å². The maximum atomic E-state index is 5.86. The van der Waals surface area contributed by atoms with Gasteiger partial charge in [-0.3, -0.25) is 0 Å². The molecule has 0 saturated heterocycles. The van der Waals surface area contributed by atoms with Gasteiger partial charge in [0.25, 0.3) is 0 Å². The second-order valence-corrected chi connectivity index (χ2v) is 5.01. The largest absolute Gasteiger partial charge is 0.490 e. The molecular formula is C12H17BrClNO. The second kappa shape index (κ2) is 7.02. The molecule has 90 valence electrons. The summed E-state index contributed by atoms with van der Waals surface area (Å²) in [6, 6.07) is 3.49. The average molecular weight is 307 g/mol. The van der Waals surface area contributed by atoms with E-state index in [2.05, 4.69) is 22.9 Å². The highest BCUT2D eigenvalue weighted by atomic mass is 79.9. The van der Waals surface area contributed by atoms with E-state index < -0.39 is 0 Å². The summed E-state index contributed by atoms with van der Waals surface area (Å²) in [4.78, 5) is 0. The van der Waals surface area contributed by atoms with Gasteiger partial charge < -0.3 is 10.5 Å². The summed E-state index contributed by atoms with van der Waals surface area (Å²) < 4.78 is 6.45. The molecule has 2 N–H and O–H groups in total. The van der Waals surface area contributed by atoms with E-state index in [1.165, 1.54) is 19.3 Å². The normalized spacial score (nSPS) is 10.4. The van der Waals surface area contributed by atoms with E-state index >= 15 is 0 Å². The first-order chi connectivity index (χ1) is 7.65. The number of nitrogens with two attached hydrogens (primary N) is 1. The molecule has 4 heteroatoms. The molecule has 1 aromatic rings. The van der Waals surface area contributed by atoms with Crippen molar-refractivity contribution in [3.8, 4) is 5.75 Å². The summed E-state index contributed by atoms with van der Waals surface area (Å²) in [7, 11) is 0.